The van der Waals surface area contributed by atoms with Gasteiger partial charge in [-0.05, 0) is 23.6 Å². The first-order valence-corrected chi connectivity index (χ1v) is 4.63. The van der Waals surface area contributed by atoms with Crippen molar-refractivity contribution in [1.82, 2.24) is 0 Å². The molecule has 2 aromatic rings. The van der Waals surface area contributed by atoms with Crippen LogP contribution in [-0.2, 0) is 0 Å². The minimum absolute atomic E-state index is 0.0283. The molecular weight excluding hydrogens is 211 g/mol. The lowest BCUT2D eigenvalue weighted by molar-refractivity contribution is 0.0693. The Balaban J connectivity index is 2.83. The van der Waals surface area contributed by atoms with Gasteiger partial charge in [-0.1, -0.05) is 12.1 Å². The zero-order valence-corrected chi connectivity index (χ0v) is 8.53. The summed E-state index contributed by atoms with van der Waals surface area (Å²) in [7, 11) is 1.37. The van der Waals surface area contributed by atoms with Gasteiger partial charge in [-0.15, -0.1) is 0 Å². The summed E-state index contributed by atoms with van der Waals surface area (Å²) in [5, 5.41) is 10.2. The predicted molar refractivity (Wildman–Crippen MR) is 57.4 cm³/mol. The second-order valence-corrected chi connectivity index (χ2v) is 3.32. The number of ether oxygens (including phenoxy) is 1. The molecule has 0 spiro atoms. The van der Waals surface area contributed by atoms with Crippen molar-refractivity contribution in [3.05, 3.63) is 41.7 Å². The number of carboxylic acids is 1. The molecule has 2 aromatic carbocycles. The number of carbonyl (C=O) groups is 1. The van der Waals surface area contributed by atoms with Gasteiger partial charge >= 0.3 is 5.97 Å². The normalized spacial score (nSPS) is 10.4. The summed E-state index contributed by atoms with van der Waals surface area (Å²) in [5.74, 6) is -1.33. The average molecular weight is 220 g/mol. The number of carboxylic acid groups (broad SMARTS) is 1. The molecule has 0 saturated carbocycles. The summed E-state index contributed by atoms with van der Waals surface area (Å²) in [6.07, 6.45) is 0. The fraction of sp³-hybridized carbons (Fsp3) is 0.0833. The number of methoxy groups -OCH3 is 1. The minimum Gasteiger partial charge on any atom is -0.495 e. The Bertz CT molecular complexity index is 563. The largest absolute Gasteiger partial charge is 0.495 e. The molecule has 2 rings (SSSR count). The first-order valence-electron chi connectivity index (χ1n) is 4.63. The van der Waals surface area contributed by atoms with Crippen LogP contribution in [0.1, 0.15) is 10.4 Å². The zero-order chi connectivity index (χ0) is 11.7. The molecule has 82 valence electrons. The lowest BCUT2D eigenvalue weighted by Gasteiger charge is -2.08. The Morgan fingerprint density at radius 2 is 2.00 bits per heavy atom. The maximum Gasteiger partial charge on any atom is 0.339 e. The van der Waals surface area contributed by atoms with Crippen LogP contribution in [0, 0.1) is 5.82 Å². The van der Waals surface area contributed by atoms with Crippen molar-refractivity contribution in [2.45, 2.75) is 0 Å². The monoisotopic (exact) mass is 220 g/mol. The van der Waals surface area contributed by atoms with E-state index in [0.29, 0.717) is 5.39 Å². The molecule has 0 aliphatic carbocycles. The topological polar surface area (TPSA) is 46.5 Å². The van der Waals surface area contributed by atoms with E-state index in [1.165, 1.54) is 25.3 Å². The molecular formula is C12H9FO3. The van der Waals surface area contributed by atoms with Crippen molar-refractivity contribution in [3.8, 4) is 5.75 Å². The summed E-state index contributed by atoms with van der Waals surface area (Å²) in [6, 6.07) is 7.24. The van der Waals surface area contributed by atoms with Gasteiger partial charge in [0.2, 0.25) is 0 Å². The van der Waals surface area contributed by atoms with Crippen LogP contribution in [0.15, 0.2) is 30.3 Å². The fourth-order valence-electron chi connectivity index (χ4n) is 1.65. The SMILES string of the molecule is COc1c(C(=O)O)ccc2ccc(F)cc12. The fourth-order valence-corrected chi connectivity index (χ4v) is 1.65. The molecule has 0 radical (unpaired) electrons. The van der Waals surface area contributed by atoms with Gasteiger partial charge in [0.15, 0.2) is 0 Å². The second kappa shape index (κ2) is 3.81. The van der Waals surface area contributed by atoms with Gasteiger partial charge < -0.3 is 9.84 Å². The Morgan fingerprint density at radius 1 is 1.31 bits per heavy atom. The zero-order valence-electron chi connectivity index (χ0n) is 8.53. The van der Waals surface area contributed by atoms with Gasteiger partial charge in [0.1, 0.15) is 17.1 Å². The Kier molecular flexibility index (Phi) is 2.48. The molecule has 0 atom stereocenters. The maximum atomic E-state index is 13.1. The molecule has 0 bridgehead atoms. The standard InChI is InChI=1S/C12H9FO3/c1-16-11-9(12(14)15)5-3-7-2-4-8(13)6-10(7)11/h2-6H,1H3,(H,14,15). The van der Waals surface area contributed by atoms with Crippen LogP contribution < -0.4 is 4.74 Å². The first-order chi connectivity index (χ1) is 7.63. The molecule has 0 amide bonds. The Morgan fingerprint density at radius 3 is 2.62 bits per heavy atom. The van der Waals surface area contributed by atoms with Crippen LogP contribution in [0.4, 0.5) is 4.39 Å². The van der Waals surface area contributed by atoms with Gasteiger partial charge in [0.05, 0.1) is 7.11 Å². The number of hydrogen-bond donors (Lipinski definition) is 1. The second-order valence-electron chi connectivity index (χ2n) is 3.32. The van der Waals surface area contributed by atoms with E-state index in [4.69, 9.17) is 9.84 Å². The summed E-state index contributed by atoms with van der Waals surface area (Å²) in [4.78, 5) is 10.9. The summed E-state index contributed by atoms with van der Waals surface area (Å²) in [5.41, 5.74) is 0.0283. The van der Waals surface area contributed by atoms with Crippen LogP contribution in [0.3, 0.4) is 0 Å². The maximum absolute atomic E-state index is 13.1. The molecule has 0 heterocycles. The summed E-state index contributed by atoms with van der Waals surface area (Å²) < 4.78 is 18.1. The van der Waals surface area contributed by atoms with E-state index in [-0.39, 0.29) is 11.3 Å². The third-order valence-corrected chi connectivity index (χ3v) is 2.37. The Labute approximate surface area is 91.1 Å². The highest BCUT2D eigenvalue weighted by Crippen LogP contribution is 2.30. The van der Waals surface area contributed by atoms with Gasteiger partial charge in [-0.2, -0.15) is 0 Å². The first kappa shape index (κ1) is 10.4. The van der Waals surface area contributed by atoms with Crippen LogP contribution in [0.2, 0.25) is 0 Å². The highest BCUT2D eigenvalue weighted by Gasteiger charge is 2.14. The van der Waals surface area contributed by atoms with Crippen molar-refractivity contribution in [3.63, 3.8) is 0 Å². The number of fused-ring (bicyclic) bond motifs is 1. The van der Waals surface area contributed by atoms with Crippen LogP contribution in [0.25, 0.3) is 10.8 Å². The smallest absolute Gasteiger partial charge is 0.339 e. The van der Waals surface area contributed by atoms with E-state index in [9.17, 15) is 9.18 Å². The van der Waals surface area contributed by atoms with Gasteiger partial charge in [0.25, 0.3) is 0 Å². The lowest BCUT2D eigenvalue weighted by atomic mass is 10.1. The van der Waals surface area contributed by atoms with Crippen LogP contribution in [-0.4, -0.2) is 18.2 Å². The van der Waals surface area contributed by atoms with Crippen molar-refractivity contribution < 1.29 is 19.0 Å². The van der Waals surface area contributed by atoms with Gasteiger partial charge in [-0.3, -0.25) is 0 Å². The number of halogens is 1. The molecule has 0 unspecified atom stereocenters. The molecule has 0 aliphatic rings. The average Bonchev–Trinajstić information content (AvgIpc) is 2.27. The number of hydrogen-bond acceptors (Lipinski definition) is 2. The van der Waals surface area contributed by atoms with E-state index in [0.717, 1.165) is 5.39 Å². The third-order valence-electron chi connectivity index (χ3n) is 2.37. The quantitative estimate of drug-likeness (QED) is 0.846. The van der Waals surface area contributed by atoms with Gasteiger partial charge in [0, 0.05) is 5.39 Å². The third kappa shape index (κ3) is 1.58. The molecule has 16 heavy (non-hydrogen) atoms. The van der Waals surface area contributed by atoms with Crippen molar-refractivity contribution in [2.75, 3.05) is 7.11 Å². The van der Waals surface area contributed by atoms with E-state index >= 15 is 0 Å². The molecule has 0 aromatic heterocycles. The molecule has 0 aliphatic heterocycles. The highest BCUT2D eigenvalue weighted by atomic mass is 19.1. The van der Waals surface area contributed by atoms with E-state index in [2.05, 4.69) is 0 Å². The molecule has 3 nitrogen and oxygen atoms in total. The number of benzene rings is 2. The van der Waals surface area contributed by atoms with Gasteiger partial charge in [-0.25, -0.2) is 9.18 Å². The van der Waals surface area contributed by atoms with Crippen LogP contribution >= 0.6 is 0 Å². The molecule has 1 N–H and O–H groups in total. The Hall–Kier alpha value is -2.10. The van der Waals surface area contributed by atoms with Crippen molar-refractivity contribution in [2.24, 2.45) is 0 Å². The molecule has 4 heteroatoms. The summed E-state index contributed by atoms with van der Waals surface area (Å²) >= 11 is 0. The van der Waals surface area contributed by atoms with E-state index in [1.807, 2.05) is 0 Å². The molecule has 0 saturated heterocycles. The van der Waals surface area contributed by atoms with Crippen LogP contribution in [0.5, 0.6) is 5.75 Å². The lowest BCUT2D eigenvalue weighted by Crippen LogP contribution is -2.00. The highest BCUT2D eigenvalue weighted by molar-refractivity contribution is 6.00. The van der Waals surface area contributed by atoms with Crippen molar-refractivity contribution >= 4 is 16.7 Å². The van der Waals surface area contributed by atoms with Crippen molar-refractivity contribution in [1.29, 1.82) is 0 Å². The number of rotatable bonds is 2. The number of aromatic carboxylic acids is 1. The minimum atomic E-state index is -1.09. The van der Waals surface area contributed by atoms with E-state index in [1.54, 1.807) is 12.1 Å². The predicted octanol–water partition coefficient (Wildman–Crippen LogP) is 2.69. The summed E-state index contributed by atoms with van der Waals surface area (Å²) in [6.45, 7) is 0. The molecule has 0 fully saturated rings. The van der Waals surface area contributed by atoms with E-state index < -0.39 is 11.8 Å².